The Morgan fingerprint density at radius 2 is 2.17 bits per heavy atom. The Morgan fingerprint density at radius 1 is 1.44 bits per heavy atom. The summed E-state index contributed by atoms with van der Waals surface area (Å²) in [5.41, 5.74) is 0.280. The van der Waals surface area contributed by atoms with Crippen molar-refractivity contribution in [2.45, 2.75) is 13.3 Å². The van der Waals surface area contributed by atoms with E-state index in [0.29, 0.717) is 13.0 Å². The maximum Gasteiger partial charge on any atom is 0.338 e. The van der Waals surface area contributed by atoms with Gasteiger partial charge in [0.05, 0.1) is 16.6 Å². The predicted molar refractivity (Wildman–Crippen MR) is 67.7 cm³/mol. The van der Waals surface area contributed by atoms with E-state index in [1.54, 1.807) is 0 Å². The number of ether oxygens (including phenoxy) is 1. The minimum Gasteiger partial charge on any atom is -0.462 e. The second kappa shape index (κ2) is 7.10. The fraction of sp³-hybridized carbons (Fsp3) is 0.333. The van der Waals surface area contributed by atoms with Gasteiger partial charge in [0.2, 0.25) is 5.91 Å². The van der Waals surface area contributed by atoms with E-state index in [2.05, 4.69) is 21.2 Å². The maximum atomic E-state index is 13.0. The smallest absolute Gasteiger partial charge is 0.338 e. The lowest BCUT2D eigenvalue weighted by molar-refractivity contribution is -0.118. The average Bonchev–Trinajstić information content (AvgIpc) is 2.31. The maximum absolute atomic E-state index is 13.0. The number of hydrogen-bond donors (Lipinski definition) is 1. The number of amides is 1. The first-order chi connectivity index (χ1) is 8.50. The molecule has 0 spiro atoms. The van der Waals surface area contributed by atoms with Crippen molar-refractivity contribution in [2.24, 2.45) is 0 Å². The molecule has 0 aliphatic carbocycles. The molecule has 0 atom stereocenters. The van der Waals surface area contributed by atoms with Crippen molar-refractivity contribution in [3.8, 4) is 0 Å². The van der Waals surface area contributed by atoms with Gasteiger partial charge in [-0.2, -0.15) is 0 Å². The number of hydrogen-bond acceptors (Lipinski definition) is 3. The molecule has 18 heavy (non-hydrogen) atoms. The number of halogens is 2. The first kappa shape index (κ1) is 14.6. The van der Waals surface area contributed by atoms with Crippen LogP contribution in [0, 0.1) is 5.82 Å². The molecule has 6 heteroatoms. The third-order valence-electron chi connectivity index (χ3n) is 2.08. The standard InChI is InChI=1S/C12H13BrFNO3/c1-8(16)15-5-2-6-18-12(17)9-3-4-11(14)10(13)7-9/h3-4,7H,2,5-6H2,1H3,(H,15,16). The van der Waals surface area contributed by atoms with Gasteiger partial charge in [0.25, 0.3) is 0 Å². The molecular formula is C12H13BrFNO3. The van der Waals surface area contributed by atoms with Gasteiger partial charge < -0.3 is 10.1 Å². The summed E-state index contributed by atoms with van der Waals surface area (Å²) < 4.78 is 18.1. The number of carbonyl (C=O) groups excluding carboxylic acids is 2. The highest BCUT2D eigenvalue weighted by Gasteiger charge is 2.09. The monoisotopic (exact) mass is 317 g/mol. The van der Waals surface area contributed by atoms with Crippen LogP contribution in [0.5, 0.6) is 0 Å². The van der Waals surface area contributed by atoms with Gasteiger partial charge in [-0.1, -0.05) is 0 Å². The Bertz CT molecular complexity index is 451. The van der Waals surface area contributed by atoms with Crippen LogP contribution in [0.25, 0.3) is 0 Å². The molecule has 1 aromatic rings. The van der Waals surface area contributed by atoms with Crippen molar-refractivity contribution in [1.29, 1.82) is 0 Å². The molecule has 0 saturated heterocycles. The third kappa shape index (κ3) is 4.83. The second-order valence-corrected chi connectivity index (χ2v) is 4.46. The summed E-state index contributed by atoms with van der Waals surface area (Å²) in [6.45, 7) is 2.08. The summed E-state index contributed by atoms with van der Waals surface area (Å²) in [5, 5.41) is 2.59. The van der Waals surface area contributed by atoms with Crippen molar-refractivity contribution in [3.63, 3.8) is 0 Å². The van der Waals surface area contributed by atoms with E-state index < -0.39 is 11.8 Å². The Kier molecular flexibility index (Phi) is 5.77. The summed E-state index contributed by atoms with van der Waals surface area (Å²) in [5.74, 6) is -1.07. The molecule has 0 aliphatic heterocycles. The normalized spacial score (nSPS) is 9.94. The molecule has 0 fully saturated rings. The topological polar surface area (TPSA) is 55.4 Å². The third-order valence-corrected chi connectivity index (χ3v) is 2.69. The number of esters is 1. The molecule has 0 aliphatic rings. The summed E-state index contributed by atoms with van der Waals surface area (Å²) in [6, 6.07) is 3.92. The van der Waals surface area contributed by atoms with Crippen LogP contribution in [-0.4, -0.2) is 25.0 Å². The van der Waals surface area contributed by atoms with E-state index in [1.807, 2.05) is 0 Å². The highest BCUT2D eigenvalue weighted by Crippen LogP contribution is 2.17. The Morgan fingerprint density at radius 3 is 2.78 bits per heavy atom. The zero-order valence-corrected chi connectivity index (χ0v) is 11.4. The van der Waals surface area contributed by atoms with E-state index in [0.717, 1.165) is 0 Å². The van der Waals surface area contributed by atoms with E-state index in [9.17, 15) is 14.0 Å². The summed E-state index contributed by atoms with van der Waals surface area (Å²) in [6.07, 6.45) is 0.535. The fourth-order valence-electron chi connectivity index (χ4n) is 1.21. The minimum atomic E-state index is -0.515. The van der Waals surface area contributed by atoms with Crippen LogP contribution in [0.1, 0.15) is 23.7 Å². The Labute approximate surface area is 113 Å². The van der Waals surface area contributed by atoms with Crippen molar-refractivity contribution in [1.82, 2.24) is 5.32 Å². The quantitative estimate of drug-likeness (QED) is 0.669. The van der Waals surface area contributed by atoms with E-state index in [-0.39, 0.29) is 22.6 Å². The highest BCUT2D eigenvalue weighted by atomic mass is 79.9. The van der Waals surface area contributed by atoms with Crippen LogP contribution in [-0.2, 0) is 9.53 Å². The molecule has 4 nitrogen and oxygen atoms in total. The lowest BCUT2D eigenvalue weighted by Gasteiger charge is -2.05. The van der Waals surface area contributed by atoms with Gasteiger partial charge in [-0.25, -0.2) is 9.18 Å². The molecule has 0 unspecified atom stereocenters. The van der Waals surface area contributed by atoms with Crippen LogP contribution >= 0.6 is 15.9 Å². The first-order valence-corrected chi connectivity index (χ1v) is 6.16. The number of nitrogens with one attached hydrogen (secondary N) is 1. The zero-order valence-electron chi connectivity index (χ0n) is 9.83. The van der Waals surface area contributed by atoms with Crippen molar-refractivity contribution in [2.75, 3.05) is 13.2 Å². The minimum absolute atomic E-state index is 0.121. The molecule has 0 heterocycles. The van der Waals surface area contributed by atoms with Crippen LogP contribution in [0.3, 0.4) is 0 Å². The predicted octanol–water partition coefficient (Wildman–Crippen LogP) is 2.27. The number of benzene rings is 1. The molecular weight excluding hydrogens is 305 g/mol. The van der Waals surface area contributed by atoms with Gasteiger partial charge in [0.1, 0.15) is 5.82 Å². The van der Waals surface area contributed by atoms with Crippen molar-refractivity contribution < 1.29 is 18.7 Å². The lowest BCUT2D eigenvalue weighted by Crippen LogP contribution is -2.22. The lowest BCUT2D eigenvalue weighted by atomic mass is 10.2. The second-order valence-electron chi connectivity index (χ2n) is 3.60. The van der Waals surface area contributed by atoms with Crippen LogP contribution in [0.15, 0.2) is 22.7 Å². The van der Waals surface area contributed by atoms with Crippen LogP contribution in [0.4, 0.5) is 4.39 Å². The molecule has 1 amide bonds. The highest BCUT2D eigenvalue weighted by molar-refractivity contribution is 9.10. The molecule has 1 rings (SSSR count). The summed E-state index contributed by atoms with van der Waals surface area (Å²) in [7, 11) is 0. The molecule has 0 bridgehead atoms. The molecule has 0 radical (unpaired) electrons. The van der Waals surface area contributed by atoms with Gasteiger partial charge in [0, 0.05) is 13.5 Å². The Balaban J connectivity index is 2.36. The van der Waals surface area contributed by atoms with E-state index >= 15 is 0 Å². The van der Waals surface area contributed by atoms with Gasteiger partial charge in [-0.05, 0) is 40.5 Å². The summed E-state index contributed by atoms with van der Waals surface area (Å²) in [4.78, 5) is 22.1. The molecule has 0 saturated carbocycles. The zero-order chi connectivity index (χ0) is 13.5. The summed E-state index contributed by atoms with van der Waals surface area (Å²) >= 11 is 2.99. The number of rotatable bonds is 5. The van der Waals surface area contributed by atoms with E-state index in [1.165, 1.54) is 25.1 Å². The van der Waals surface area contributed by atoms with Crippen molar-refractivity contribution >= 4 is 27.8 Å². The van der Waals surface area contributed by atoms with Gasteiger partial charge in [-0.15, -0.1) is 0 Å². The average molecular weight is 318 g/mol. The molecule has 0 aromatic heterocycles. The van der Waals surface area contributed by atoms with Gasteiger partial charge >= 0.3 is 5.97 Å². The first-order valence-electron chi connectivity index (χ1n) is 5.37. The molecule has 98 valence electrons. The number of carbonyl (C=O) groups is 2. The largest absolute Gasteiger partial charge is 0.462 e. The van der Waals surface area contributed by atoms with Gasteiger partial charge in [-0.3, -0.25) is 4.79 Å². The SMILES string of the molecule is CC(=O)NCCCOC(=O)c1ccc(F)c(Br)c1. The van der Waals surface area contributed by atoms with Crippen LogP contribution < -0.4 is 5.32 Å². The Hall–Kier alpha value is -1.43. The fourth-order valence-corrected chi connectivity index (χ4v) is 1.59. The van der Waals surface area contributed by atoms with E-state index in [4.69, 9.17) is 4.74 Å². The van der Waals surface area contributed by atoms with Gasteiger partial charge in [0.15, 0.2) is 0 Å². The molecule has 1 N–H and O–H groups in total. The molecule has 1 aromatic carbocycles. The van der Waals surface area contributed by atoms with Crippen molar-refractivity contribution in [3.05, 3.63) is 34.1 Å². The van der Waals surface area contributed by atoms with Crippen LogP contribution in [0.2, 0.25) is 0 Å².